The zero-order chi connectivity index (χ0) is 15.4. The van der Waals surface area contributed by atoms with Gasteiger partial charge in [0.05, 0.1) is 6.61 Å². The van der Waals surface area contributed by atoms with Crippen LogP contribution in [0.2, 0.25) is 0 Å². The third-order valence-corrected chi connectivity index (χ3v) is 5.02. The molecule has 0 aromatic heterocycles. The molecule has 6 nitrogen and oxygen atoms in total. The van der Waals surface area contributed by atoms with E-state index in [1.807, 2.05) is 0 Å². The van der Waals surface area contributed by atoms with Crippen LogP contribution in [0.5, 0.6) is 0 Å². The molecule has 0 aromatic carbocycles. The number of nitrogens with one attached hydrogen (secondary N) is 2. The Morgan fingerprint density at radius 2 is 2.50 bits per heavy atom. The first-order valence-corrected chi connectivity index (χ1v) is 8.58. The van der Waals surface area contributed by atoms with Crippen LogP contribution in [-0.4, -0.2) is 62.7 Å². The molecule has 3 fully saturated rings. The van der Waals surface area contributed by atoms with Crippen molar-refractivity contribution in [3.63, 3.8) is 0 Å². The number of piperidine rings is 1. The number of likely N-dealkylation sites (tertiary alicyclic amines) is 1. The lowest BCUT2D eigenvalue weighted by atomic mass is 9.79. The van der Waals surface area contributed by atoms with E-state index in [2.05, 4.69) is 22.5 Å². The minimum absolute atomic E-state index is 0.113. The molecule has 2 unspecified atom stereocenters. The maximum Gasteiger partial charge on any atom is 0.220 e. The molecule has 3 aliphatic heterocycles. The molecule has 124 valence electrons. The highest BCUT2D eigenvalue weighted by Crippen LogP contribution is 2.36. The summed E-state index contributed by atoms with van der Waals surface area (Å²) in [5.74, 6) is 1.77. The predicted octanol–water partition coefficient (Wildman–Crippen LogP) is 0.591. The van der Waals surface area contributed by atoms with Gasteiger partial charge in [0.15, 0.2) is 5.96 Å². The van der Waals surface area contributed by atoms with Crippen LogP contribution in [0.15, 0.2) is 4.99 Å². The molecule has 0 aromatic rings. The third-order valence-electron chi connectivity index (χ3n) is 5.02. The van der Waals surface area contributed by atoms with Gasteiger partial charge in [0.25, 0.3) is 0 Å². The van der Waals surface area contributed by atoms with Gasteiger partial charge in [-0.1, -0.05) is 0 Å². The zero-order valence-electron chi connectivity index (χ0n) is 13.6. The Bertz CT molecular complexity index is 434. The van der Waals surface area contributed by atoms with Gasteiger partial charge in [-0.2, -0.15) is 0 Å². The maximum absolute atomic E-state index is 11.6. The summed E-state index contributed by atoms with van der Waals surface area (Å²) >= 11 is 0. The minimum atomic E-state index is 0.113. The summed E-state index contributed by atoms with van der Waals surface area (Å²) in [5.41, 5.74) is 0.113. The second kappa shape index (κ2) is 6.86. The van der Waals surface area contributed by atoms with Gasteiger partial charge in [0, 0.05) is 57.1 Å². The molecule has 2 atom stereocenters. The summed E-state index contributed by atoms with van der Waals surface area (Å²) in [6.45, 7) is 8.31. The molecule has 6 heteroatoms. The van der Waals surface area contributed by atoms with E-state index in [4.69, 9.17) is 9.73 Å². The number of guanidine groups is 1. The summed E-state index contributed by atoms with van der Waals surface area (Å²) < 4.78 is 5.43. The molecular weight excluding hydrogens is 280 g/mol. The average Bonchev–Trinajstić information content (AvgIpc) is 3.14. The van der Waals surface area contributed by atoms with Gasteiger partial charge in [-0.15, -0.1) is 0 Å². The molecule has 0 saturated carbocycles. The van der Waals surface area contributed by atoms with Crippen LogP contribution in [0.25, 0.3) is 0 Å². The van der Waals surface area contributed by atoms with Crippen molar-refractivity contribution in [3.8, 4) is 0 Å². The lowest BCUT2D eigenvalue weighted by Gasteiger charge is -2.40. The van der Waals surface area contributed by atoms with Crippen molar-refractivity contribution < 1.29 is 9.53 Å². The van der Waals surface area contributed by atoms with Crippen molar-refractivity contribution in [1.29, 1.82) is 0 Å². The van der Waals surface area contributed by atoms with Gasteiger partial charge in [-0.25, -0.2) is 0 Å². The Balaban J connectivity index is 1.64. The second-order valence-electron chi connectivity index (χ2n) is 6.90. The average molecular weight is 308 g/mol. The molecule has 1 amide bonds. The highest BCUT2D eigenvalue weighted by atomic mass is 16.5. The third kappa shape index (κ3) is 3.54. The molecule has 1 spiro atoms. The van der Waals surface area contributed by atoms with Gasteiger partial charge < -0.3 is 20.3 Å². The summed E-state index contributed by atoms with van der Waals surface area (Å²) in [7, 11) is 0. The zero-order valence-corrected chi connectivity index (χ0v) is 13.6. The van der Waals surface area contributed by atoms with Crippen LogP contribution >= 0.6 is 0 Å². The Hall–Kier alpha value is -1.30. The number of rotatable bonds is 3. The van der Waals surface area contributed by atoms with E-state index in [1.165, 1.54) is 0 Å². The molecule has 2 N–H and O–H groups in total. The van der Waals surface area contributed by atoms with Crippen LogP contribution < -0.4 is 10.6 Å². The van der Waals surface area contributed by atoms with Crippen molar-refractivity contribution in [3.05, 3.63) is 0 Å². The first-order chi connectivity index (χ1) is 10.7. The number of aliphatic imine (C=N–C) groups is 1. The Kier molecular flexibility index (Phi) is 4.86. The van der Waals surface area contributed by atoms with E-state index >= 15 is 0 Å². The summed E-state index contributed by atoms with van der Waals surface area (Å²) in [4.78, 5) is 18.8. The lowest BCUT2D eigenvalue weighted by molar-refractivity contribution is -0.119. The van der Waals surface area contributed by atoms with Crippen molar-refractivity contribution >= 4 is 11.9 Å². The number of amides is 1. The van der Waals surface area contributed by atoms with Crippen LogP contribution in [0.1, 0.15) is 32.6 Å². The molecule has 0 radical (unpaired) electrons. The summed E-state index contributed by atoms with van der Waals surface area (Å²) in [6.07, 6.45) is 4.05. The molecular formula is C16H28N4O2. The monoisotopic (exact) mass is 308 g/mol. The van der Waals surface area contributed by atoms with Crippen molar-refractivity contribution in [1.82, 2.24) is 15.5 Å². The fourth-order valence-electron chi connectivity index (χ4n) is 3.80. The number of hydrogen-bond donors (Lipinski definition) is 2. The van der Waals surface area contributed by atoms with Crippen LogP contribution in [0.4, 0.5) is 0 Å². The van der Waals surface area contributed by atoms with E-state index in [0.29, 0.717) is 12.3 Å². The van der Waals surface area contributed by atoms with E-state index in [9.17, 15) is 4.79 Å². The fraction of sp³-hybridized carbons (Fsp3) is 0.875. The number of ether oxygens (including phenoxy) is 1. The van der Waals surface area contributed by atoms with Crippen molar-refractivity contribution in [2.75, 3.05) is 45.9 Å². The number of carbonyl (C=O) groups is 1. The topological polar surface area (TPSA) is 66.0 Å². The SMILES string of the molecule is CCNC(=NCC1CCOC1)N1CCCC2(CNC(=O)C2)C1. The standard InChI is InChI=1S/C16H28N4O2/c1-2-17-15(18-9-13-4-7-22-10-13)20-6-3-5-16(12-20)8-14(21)19-11-16/h13H,2-12H2,1H3,(H,17,18)(H,19,21). The summed E-state index contributed by atoms with van der Waals surface area (Å²) in [5, 5.41) is 6.43. The van der Waals surface area contributed by atoms with E-state index < -0.39 is 0 Å². The number of carbonyl (C=O) groups excluding carboxylic acids is 1. The van der Waals surface area contributed by atoms with Gasteiger partial charge in [-0.05, 0) is 26.2 Å². The number of hydrogen-bond acceptors (Lipinski definition) is 3. The first kappa shape index (κ1) is 15.6. The van der Waals surface area contributed by atoms with Gasteiger partial charge in [0.1, 0.15) is 0 Å². The quantitative estimate of drug-likeness (QED) is 0.592. The van der Waals surface area contributed by atoms with E-state index in [1.54, 1.807) is 0 Å². The first-order valence-electron chi connectivity index (χ1n) is 8.58. The molecule has 3 rings (SSSR count). The van der Waals surface area contributed by atoms with Gasteiger partial charge >= 0.3 is 0 Å². The van der Waals surface area contributed by atoms with Gasteiger partial charge in [0.2, 0.25) is 5.91 Å². The Morgan fingerprint density at radius 3 is 3.18 bits per heavy atom. The van der Waals surface area contributed by atoms with Crippen LogP contribution in [0, 0.1) is 11.3 Å². The van der Waals surface area contributed by atoms with Crippen LogP contribution in [0.3, 0.4) is 0 Å². The largest absolute Gasteiger partial charge is 0.381 e. The predicted molar refractivity (Wildman–Crippen MR) is 85.8 cm³/mol. The lowest BCUT2D eigenvalue weighted by Crippen LogP contribution is -2.51. The molecule has 0 bridgehead atoms. The molecule has 3 saturated heterocycles. The normalized spacial score (nSPS) is 32.6. The van der Waals surface area contributed by atoms with E-state index in [-0.39, 0.29) is 11.3 Å². The maximum atomic E-state index is 11.6. The molecule has 3 aliphatic rings. The Labute approximate surface area is 132 Å². The second-order valence-corrected chi connectivity index (χ2v) is 6.90. The van der Waals surface area contributed by atoms with E-state index in [0.717, 1.165) is 71.2 Å². The van der Waals surface area contributed by atoms with Crippen LogP contribution in [-0.2, 0) is 9.53 Å². The van der Waals surface area contributed by atoms with Crippen molar-refractivity contribution in [2.45, 2.75) is 32.6 Å². The molecule has 0 aliphatic carbocycles. The molecule has 3 heterocycles. The number of nitrogens with zero attached hydrogens (tertiary/aromatic N) is 2. The highest BCUT2D eigenvalue weighted by Gasteiger charge is 2.42. The minimum Gasteiger partial charge on any atom is -0.381 e. The fourth-order valence-corrected chi connectivity index (χ4v) is 3.80. The Morgan fingerprint density at radius 1 is 1.59 bits per heavy atom. The highest BCUT2D eigenvalue weighted by molar-refractivity contribution is 5.81. The summed E-state index contributed by atoms with van der Waals surface area (Å²) in [6, 6.07) is 0. The molecule has 22 heavy (non-hydrogen) atoms. The smallest absolute Gasteiger partial charge is 0.220 e. The van der Waals surface area contributed by atoms with Gasteiger partial charge in [-0.3, -0.25) is 9.79 Å². The van der Waals surface area contributed by atoms with Crippen molar-refractivity contribution in [2.24, 2.45) is 16.3 Å².